The van der Waals surface area contributed by atoms with Crippen molar-refractivity contribution < 1.29 is 4.79 Å². The first-order valence-electron chi connectivity index (χ1n) is 6.20. The van der Waals surface area contributed by atoms with Gasteiger partial charge in [-0.3, -0.25) is 4.79 Å². The monoisotopic (exact) mass is 312 g/mol. The summed E-state index contributed by atoms with van der Waals surface area (Å²) in [5.74, 6) is -0.00160. The molecule has 0 saturated carbocycles. The van der Waals surface area contributed by atoms with Gasteiger partial charge in [-0.25, -0.2) is 0 Å². The minimum absolute atomic E-state index is 0.121. The van der Waals surface area contributed by atoms with E-state index in [-0.39, 0.29) is 17.9 Å². The highest BCUT2D eigenvalue weighted by molar-refractivity contribution is 9.10. The first-order valence-corrected chi connectivity index (χ1v) is 7.00. The van der Waals surface area contributed by atoms with Gasteiger partial charge in [0.2, 0.25) is 5.91 Å². The SMILES string of the molecule is CC(CN)C(=O)N(Cc1ccc(Br)cc1)C(C)C. The van der Waals surface area contributed by atoms with E-state index in [1.807, 2.05) is 49.9 Å². The minimum Gasteiger partial charge on any atom is -0.336 e. The maximum Gasteiger partial charge on any atom is 0.227 e. The molecular weight excluding hydrogens is 292 g/mol. The Bertz CT molecular complexity index is 389. The first-order chi connectivity index (χ1) is 8.45. The Balaban J connectivity index is 2.80. The van der Waals surface area contributed by atoms with Crippen LogP contribution in [-0.4, -0.2) is 23.4 Å². The molecule has 0 aromatic heterocycles. The fourth-order valence-electron chi connectivity index (χ4n) is 1.69. The topological polar surface area (TPSA) is 46.3 Å². The number of rotatable bonds is 5. The molecule has 1 aromatic carbocycles. The lowest BCUT2D eigenvalue weighted by atomic mass is 10.1. The molecule has 0 aliphatic heterocycles. The van der Waals surface area contributed by atoms with Crippen LogP contribution in [-0.2, 0) is 11.3 Å². The highest BCUT2D eigenvalue weighted by Gasteiger charge is 2.21. The van der Waals surface area contributed by atoms with Crippen LogP contribution < -0.4 is 5.73 Å². The predicted octanol–water partition coefficient (Wildman–Crippen LogP) is 2.78. The Morgan fingerprint density at radius 3 is 2.28 bits per heavy atom. The number of hydrogen-bond acceptors (Lipinski definition) is 2. The largest absolute Gasteiger partial charge is 0.336 e. The zero-order valence-corrected chi connectivity index (χ0v) is 12.8. The molecule has 18 heavy (non-hydrogen) atoms. The van der Waals surface area contributed by atoms with Crippen molar-refractivity contribution in [2.24, 2.45) is 11.7 Å². The van der Waals surface area contributed by atoms with E-state index in [1.165, 1.54) is 0 Å². The summed E-state index contributed by atoms with van der Waals surface area (Å²) in [6.45, 7) is 6.95. The summed E-state index contributed by atoms with van der Waals surface area (Å²) < 4.78 is 1.05. The minimum atomic E-state index is -0.122. The van der Waals surface area contributed by atoms with Crippen LogP contribution in [0.1, 0.15) is 26.3 Å². The molecule has 1 amide bonds. The third-order valence-electron chi connectivity index (χ3n) is 2.95. The fraction of sp³-hybridized carbons (Fsp3) is 0.500. The molecule has 0 saturated heterocycles. The smallest absolute Gasteiger partial charge is 0.227 e. The Morgan fingerprint density at radius 1 is 1.28 bits per heavy atom. The summed E-state index contributed by atoms with van der Waals surface area (Å²) in [5.41, 5.74) is 6.70. The van der Waals surface area contributed by atoms with Gasteiger partial charge in [0.25, 0.3) is 0 Å². The lowest BCUT2D eigenvalue weighted by molar-refractivity contribution is -0.137. The third kappa shape index (κ3) is 4.10. The van der Waals surface area contributed by atoms with E-state index in [4.69, 9.17) is 5.73 Å². The number of nitrogens with zero attached hydrogens (tertiary/aromatic N) is 1. The molecule has 0 aliphatic carbocycles. The van der Waals surface area contributed by atoms with Crippen LogP contribution in [0.5, 0.6) is 0 Å². The number of amides is 1. The molecule has 0 aliphatic rings. The summed E-state index contributed by atoms with van der Waals surface area (Å²) in [6.07, 6.45) is 0. The molecule has 1 rings (SSSR count). The van der Waals surface area contributed by atoms with Crippen molar-refractivity contribution in [2.75, 3.05) is 6.54 Å². The fourth-order valence-corrected chi connectivity index (χ4v) is 1.95. The standard InChI is InChI=1S/C14H21BrN2O/c1-10(2)17(14(18)11(3)8-16)9-12-4-6-13(15)7-5-12/h4-7,10-11H,8-9,16H2,1-3H3. The second kappa shape index (κ2) is 6.90. The summed E-state index contributed by atoms with van der Waals surface area (Å²) in [7, 11) is 0. The van der Waals surface area contributed by atoms with Crippen LogP contribution in [0, 0.1) is 5.92 Å². The van der Waals surface area contributed by atoms with Crippen molar-refractivity contribution in [2.45, 2.75) is 33.4 Å². The van der Waals surface area contributed by atoms with Crippen molar-refractivity contribution in [1.82, 2.24) is 4.90 Å². The highest BCUT2D eigenvalue weighted by atomic mass is 79.9. The van der Waals surface area contributed by atoms with Crippen molar-refractivity contribution >= 4 is 21.8 Å². The molecule has 2 N–H and O–H groups in total. The maximum absolute atomic E-state index is 12.2. The van der Waals surface area contributed by atoms with Gasteiger partial charge in [-0.15, -0.1) is 0 Å². The molecule has 0 radical (unpaired) electrons. The molecule has 1 aromatic rings. The van der Waals surface area contributed by atoms with E-state index in [1.54, 1.807) is 0 Å². The molecule has 0 spiro atoms. The van der Waals surface area contributed by atoms with Gasteiger partial charge in [0.05, 0.1) is 0 Å². The number of hydrogen-bond donors (Lipinski definition) is 1. The van der Waals surface area contributed by atoms with Crippen LogP contribution in [0.2, 0.25) is 0 Å². The Morgan fingerprint density at radius 2 is 1.83 bits per heavy atom. The second-order valence-corrected chi connectivity index (χ2v) is 5.74. The van der Waals surface area contributed by atoms with Crippen LogP contribution in [0.25, 0.3) is 0 Å². The van der Waals surface area contributed by atoms with Crippen LogP contribution in [0.15, 0.2) is 28.7 Å². The lowest BCUT2D eigenvalue weighted by Crippen LogP contribution is -2.41. The van der Waals surface area contributed by atoms with Crippen molar-refractivity contribution in [3.05, 3.63) is 34.3 Å². The van der Waals surface area contributed by atoms with E-state index in [9.17, 15) is 4.79 Å². The van der Waals surface area contributed by atoms with Crippen LogP contribution in [0.4, 0.5) is 0 Å². The third-order valence-corrected chi connectivity index (χ3v) is 3.48. The maximum atomic E-state index is 12.2. The van der Waals surface area contributed by atoms with Gasteiger partial charge in [-0.1, -0.05) is 35.0 Å². The Hall–Kier alpha value is -0.870. The van der Waals surface area contributed by atoms with Gasteiger partial charge in [0.15, 0.2) is 0 Å². The molecule has 3 nitrogen and oxygen atoms in total. The molecule has 4 heteroatoms. The van der Waals surface area contributed by atoms with Crippen LogP contribution in [0.3, 0.4) is 0 Å². The number of benzene rings is 1. The molecular formula is C14H21BrN2O. The molecule has 0 fully saturated rings. The number of carbonyl (C=O) groups is 1. The van der Waals surface area contributed by atoms with Crippen molar-refractivity contribution in [1.29, 1.82) is 0 Å². The van der Waals surface area contributed by atoms with Gasteiger partial charge in [-0.2, -0.15) is 0 Å². The van der Waals surface area contributed by atoms with E-state index in [2.05, 4.69) is 15.9 Å². The van der Waals surface area contributed by atoms with Gasteiger partial charge < -0.3 is 10.6 Å². The molecule has 1 atom stereocenters. The normalized spacial score (nSPS) is 12.6. The lowest BCUT2D eigenvalue weighted by Gasteiger charge is -2.29. The quantitative estimate of drug-likeness (QED) is 0.908. The zero-order valence-electron chi connectivity index (χ0n) is 11.2. The van der Waals surface area contributed by atoms with E-state index < -0.39 is 0 Å². The highest BCUT2D eigenvalue weighted by Crippen LogP contribution is 2.15. The summed E-state index contributed by atoms with van der Waals surface area (Å²) in [5, 5.41) is 0. The van der Waals surface area contributed by atoms with Gasteiger partial charge >= 0.3 is 0 Å². The zero-order chi connectivity index (χ0) is 13.7. The summed E-state index contributed by atoms with van der Waals surface area (Å²) >= 11 is 3.41. The second-order valence-electron chi connectivity index (χ2n) is 4.82. The number of nitrogens with two attached hydrogens (primary N) is 1. The Kier molecular flexibility index (Phi) is 5.82. The van der Waals surface area contributed by atoms with Gasteiger partial charge in [0.1, 0.15) is 0 Å². The number of carbonyl (C=O) groups excluding carboxylic acids is 1. The molecule has 0 heterocycles. The van der Waals surface area contributed by atoms with E-state index >= 15 is 0 Å². The van der Waals surface area contributed by atoms with Crippen LogP contribution >= 0.6 is 15.9 Å². The van der Waals surface area contributed by atoms with Crippen molar-refractivity contribution in [3.8, 4) is 0 Å². The van der Waals surface area contributed by atoms with E-state index in [0.717, 1.165) is 10.0 Å². The first kappa shape index (κ1) is 15.2. The predicted molar refractivity (Wildman–Crippen MR) is 78.0 cm³/mol. The van der Waals surface area contributed by atoms with E-state index in [0.29, 0.717) is 13.1 Å². The molecule has 100 valence electrons. The Labute approximate surface area is 117 Å². The summed E-state index contributed by atoms with van der Waals surface area (Å²) in [6, 6.07) is 8.21. The molecule has 0 bridgehead atoms. The summed E-state index contributed by atoms with van der Waals surface area (Å²) in [4.78, 5) is 14.1. The number of halogens is 1. The molecule has 1 unspecified atom stereocenters. The van der Waals surface area contributed by atoms with Gasteiger partial charge in [-0.05, 0) is 31.5 Å². The van der Waals surface area contributed by atoms with Gasteiger partial charge in [0, 0.05) is 29.5 Å². The average Bonchev–Trinajstić information content (AvgIpc) is 2.36. The average molecular weight is 313 g/mol. The van der Waals surface area contributed by atoms with Crippen molar-refractivity contribution in [3.63, 3.8) is 0 Å².